The summed E-state index contributed by atoms with van der Waals surface area (Å²) in [4.78, 5) is 28.4. The molecular formula is C23H18F2N6O2. The highest BCUT2D eigenvalue weighted by Gasteiger charge is 2.57. The van der Waals surface area contributed by atoms with Crippen molar-refractivity contribution in [3.8, 4) is 6.07 Å². The average Bonchev–Trinajstić information content (AvgIpc) is 3.24. The second-order valence-corrected chi connectivity index (χ2v) is 8.36. The van der Waals surface area contributed by atoms with Crippen molar-refractivity contribution in [2.24, 2.45) is 11.8 Å². The van der Waals surface area contributed by atoms with Gasteiger partial charge in [0, 0.05) is 12.5 Å². The number of fused-ring (bicyclic) bond motifs is 3. The highest BCUT2D eigenvalue weighted by Crippen LogP contribution is 2.59. The summed E-state index contributed by atoms with van der Waals surface area (Å²) in [5.41, 5.74) is 1.69. The predicted octanol–water partition coefficient (Wildman–Crippen LogP) is 2.65. The summed E-state index contributed by atoms with van der Waals surface area (Å²) in [6.45, 7) is 1.88. The number of hydrogen-bond donors (Lipinski definition) is 3. The number of hydrogen-bond acceptors (Lipinski definition) is 5. The van der Waals surface area contributed by atoms with Gasteiger partial charge in [-0.05, 0) is 47.1 Å². The van der Waals surface area contributed by atoms with Crippen LogP contribution in [0.1, 0.15) is 46.0 Å². The van der Waals surface area contributed by atoms with Crippen molar-refractivity contribution in [3.05, 3.63) is 76.4 Å². The number of anilines is 1. The average molecular weight is 448 g/mol. The van der Waals surface area contributed by atoms with Crippen molar-refractivity contribution in [3.63, 3.8) is 0 Å². The Bertz CT molecular complexity index is 1330. The van der Waals surface area contributed by atoms with Gasteiger partial charge in [-0.15, -0.1) is 10.2 Å². The first-order chi connectivity index (χ1) is 15.9. The van der Waals surface area contributed by atoms with Crippen LogP contribution in [-0.2, 0) is 11.2 Å². The number of halogens is 2. The molecule has 3 aromatic rings. The van der Waals surface area contributed by atoms with Crippen molar-refractivity contribution in [1.82, 2.24) is 20.5 Å². The predicted molar refractivity (Wildman–Crippen MR) is 112 cm³/mol. The number of aromatic nitrogens is 3. The van der Waals surface area contributed by atoms with Gasteiger partial charge in [-0.25, -0.2) is 8.78 Å². The van der Waals surface area contributed by atoms with Gasteiger partial charge in [-0.2, -0.15) is 5.26 Å². The van der Waals surface area contributed by atoms with Crippen LogP contribution in [-0.4, -0.2) is 33.0 Å². The second-order valence-electron chi connectivity index (χ2n) is 8.36. The van der Waals surface area contributed by atoms with E-state index in [2.05, 4.69) is 31.9 Å². The highest BCUT2D eigenvalue weighted by molar-refractivity contribution is 6.02. The molecule has 3 N–H and O–H groups in total. The van der Waals surface area contributed by atoms with Crippen LogP contribution in [0.25, 0.3) is 0 Å². The van der Waals surface area contributed by atoms with E-state index in [1.54, 1.807) is 18.2 Å². The molecule has 10 heteroatoms. The molecule has 1 aromatic heterocycles. The highest BCUT2D eigenvalue weighted by atomic mass is 19.1. The molecule has 1 fully saturated rings. The Morgan fingerprint density at radius 3 is 2.85 bits per heavy atom. The normalized spacial score (nSPS) is 22.9. The summed E-state index contributed by atoms with van der Waals surface area (Å²) in [7, 11) is 0. The van der Waals surface area contributed by atoms with Crippen molar-refractivity contribution in [1.29, 1.82) is 5.26 Å². The second kappa shape index (κ2) is 7.78. The lowest BCUT2D eigenvalue weighted by molar-refractivity contribution is -0.118. The van der Waals surface area contributed by atoms with Crippen molar-refractivity contribution in [2.45, 2.75) is 25.3 Å². The Morgan fingerprint density at radius 2 is 2.06 bits per heavy atom. The standard InChI is InChI=1S/C23H18F2N6O2/c1-10-17-14-7-13(24)8-15(25)19(14)28-22(32)20(18(10)17)29-23(33)21-27-16(30-31-21)6-11-3-2-4-12(5-11)9-26/h2-5,7-8,10,17-18,20H,6H2,1H3,(H,28,32)(H,29,33)(H,27,30,31)/t10?,17?,18?,20-/m0/s1. The number of H-pyrrole nitrogens is 1. The first kappa shape index (κ1) is 20.8. The third-order valence-electron chi connectivity index (χ3n) is 6.27. The Morgan fingerprint density at radius 1 is 1.24 bits per heavy atom. The molecule has 8 nitrogen and oxygen atoms in total. The van der Waals surface area contributed by atoms with E-state index in [0.29, 0.717) is 23.4 Å². The molecule has 0 bridgehead atoms. The maximum atomic E-state index is 14.3. The SMILES string of the molecule is CC1C2c3cc(F)cc(F)c3NC(=O)[C@@H](NC(=O)c3nnc(Cc4cccc(C#N)c4)[nH]3)C12. The fourth-order valence-electron chi connectivity index (χ4n) is 4.65. The van der Waals surface area contributed by atoms with Gasteiger partial charge in [-0.1, -0.05) is 19.1 Å². The molecule has 33 heavy (non-hydrogen) atoms. The van der Waals surface area contributed by atoms with E-state index in [9.17, 15) is 18.4 Å². The van der Waals surface area contributed by atoms with Gasteiger partial charge in [-0.3, -0.25) is 9.59 Å². The van der Waals surface area contributed by atoms with E-state index < -0.39 is 29.5 Å². The van der Waals surface area contributed by atoms with E-state index in [1.807, 2.05) is 13.0 Å². The van der Waals surface area contributed by atoms with E-state index >= 15 is 0 Å². The molecule has 4 atom stereocenters. The van der Waals surface area contributed by atoms with Crippen LogP contribution >= 0.6 is 0 Å². The largest absolute Gasteiger partial charge is 0.337 e. The summed E-state index contributed by atoms with van der Waals surface area (Å²) in [5.74, 6) is -3.01. The molecule has 0 saturated heterocycles. The zero-order chi connectivity index (χ0) is 23.3. The Balaban J connectivity index is 1.33. The van der Waals surface area contributed by atoms with E-state index in [-0.39, 0.29) is 29.3 Å². The van der Waals surface area contributed by atoms with Gasteiger partial charge in [0.05, 0.1) is 17.3 Å². The van der Waals surface area contributed by atoms with Crippen LogP contribution in [0.4, 0.5) is 14.5 Å². The van der Waals surface area contributed by atoms with E-state index in [1.165, 1.54) is 6.07 Å². The smallest absolute Gasteiger partial charge is 0.289 e. The van der Waals surface area contributed by atoms with Gasteiger partial charge in [0.15, 0.2) is 0 Å². The van der Waals surface area contributed by atoms with Crippen molar-refractivity contribution < 1.29 is 18.4 Å². The quantitative estimate of drug-likeness (QED) is 0.566. The van der Waals surface area contributed by atoms with E-state index in [4.69, 9.17) is 5.26 Å². The lowest BCUT2D eigenvalue weighted by Crippen LogP contribution is -2.45. The van der Waals surface area contributed by atoms with Crippen LogP contribution < -0.4 is 10.6 Å². The fourth-order valence-corrected chi connectivity index (χ4v) is 4.65. The fraction of sp³-hybridized carbons (Fsp3) is 0.261. The number of nitrogens with one attached hydrogen (secondary N) is 3. The van der Waals surface area contributed by atoms with E-state index in [0.717, 1.165) is 11.6 Å². The van der Waals surface area contributed by atoms with Crippen molar-refractivity contribution in [2.75, 3.05) is 5.32 Å². The first-order valence-electron chi connectivity index (χ1n) is 10.4. The molecule has 2 aromatic carbocycles. The van der Waals surface area contributed by atoms with Gasteiger partial charge >= 0.3 is 0 Å². The third-order valence-corrected chi connectivity index (χ3v) is 6.27. The number of benzene rings is 2. The minimum absolute atomic E-state index is 0.0425. The molecule has 0 spiro atoms. The molecule has 0 radical (unpaired) electrons. The topological polar surface area (TPSA) is 124 Å². The number of aromatic amines is 1. The number of carbonyl (C=O) groups is 2. The molecule has 2 amide bonds. The van der Waals surface area contributed by atoms with Crippen LogP contribution in [0.2, 0.25) is 0 Å². The number of carbonyl (C=O) groups excluding carboxylic acids is 2. The molecular weight excluding hydrogens is 430 g/mol. The zero-order valence-electron chi connectivity index (χ0n) is 17.4. The minimum Gasteiger partial charge on any atom is -0.337 e. The molecule has 1 saturated carbocycles. The van der Waals surface area contributed by atoms with Crippen LogP contribution in [0, 0.1) is 34.8 Å². The third kappa shape index (κ3) is 3.71. The number of nitriles is 1. The summed E-state index contributed by atoms with van der Waals surface area (Å²) in [6, 6.07) is 10.1. The Kier molecular flexibility index (Phi) is 4.89. The Labute approximate surface area is 187 Å². The molecule has 5 rings (SSSR count). The molecule has 2 aliphatic rings. The Hall–Kier alpha value is -4.13. The monoisotopic (exact) mass is 448 g/mol. The van der Waals surface area contributed by atoms with Crippen molar-refractivity contribution >= 4 is 17.5 Å². The first-order valence-corrected chi connectivity index (χ1v) is 10.4. The number of amides is 2. The van der Waals surface area contributed by atoms with Crippen LogP contribution in [0.15, 0.2) is 36.4 Å². The maximum absolute atomic E-state index is 14.3. The lowest BCUT2D eigenvalue weighted by Gasteiger charge is -2.17. The molecule has 1 aliphatic heterocycles. The van der Waals surface area contributed by atoms with Gasteiger partial charge < -0.3 is 15.6 Å². The zero-order valence-corrected chi connectivity index (χ0v) is 17.4. The minimum atomic E-state index is -0.937. The molecule has 3 unspecified atom stereocenters. The van der Waals surface area contributed by atoms with Gasteiger partial charge in [0.2, 0.25) is 11.7 Å². The molecule has 1 aliphatic carbocycles. The number of rotatable bonds is 4. The van der Waals surface area contributed by atoms with Gasteiger partial charge in [0.25, 0.3) is 5.91 Å². The maximum Gasteiger partial charge on any atom is 0.289 e. The molecule has 166 valence electrons. The number of nitrogens with zero attached hydrogens (tertiary/aromatic N) is 3. The summed E-state index contributed by atoms with van der Waals surface area (Å²) in [5, 5.41) is 22.0. The van der Waals surface area contributed by atoms with Gasteiger partial charge in [0.1, 0.15) is 23.5 Å². The summed E-state index contributed by atoms with van der Waals surface area (Å²) in [6.07, 6.45) is 0.335. The molecule has 2 heterocycles. The van der Waals surface area contributed by atoms with Crippen LogP contribution in [0.3, 0.4) is 0 Å². The lowest BCUT2D eigenvalue weighted by atomic mass is 10.0. The summed E-state index contributed by atoms with van der Waals surface area (Å²) < 4.78 is 28.1. The van der Waals surface area contributed by atoms with Crippen LogP contribution in [0.5, 0.6) is 0 Å². The summed E-state index contributed by atoms with van der Waals surface area (Å²) >= 11 is 0.